The molecule has 2 aliphatic heterocycles. The lowest BCUT2D eigenvalue weighted by Crippen LogP contribution is -3.00. The minimum Gasteiger partial charge on any atom is -1.00 e. The molecule has 0 bridgehead atoms. The number of halogens is 4. The summed E-state index contributed by atoms with van der Waals surface area (Å²) in [6.45, 7) is 2.42. The highest BCUT2D eigenvalue weighted by atomic mass is 19.4. The summed E-state index contributed by atoms with van der Waals surface area (Å²) in [5, 5.41) is 0. The summed E-state index contributed by atoms with van der Waals surface area (Å²) in [6.07, 6.45) is 8.95. The normalized spacial score (nSPS) is 20.9. The number of benzene rings is 2. The minimum absolute atomic E-state index is 0. The van der Waals surface area contributed by atoms with Crippen LogP contribution in [0.5, 0.6) is 0 Å². The van der Waals surface area contributed by atoms with Crippen LogP contribution in [0.1, 0.15) is 55.3 Å². The first-order valence-corrected chi connectivity index (χ1v) is 10.0. The summed E-state index contributed by atoms with van der Waals surface area (Å²) in [7, 11) is -3.67. The Morgan fingerprint density at radius 3 is 1.59 bits per heavy atom. The quantitative estimate of drug-likeness (QED) is 0.329. The largest absolute Gasteiger partial charge is 1.00 e. The van der Waals surface area contributed by atoms with Crippen molar-refractivity contribution in [3.8, 4) is 0 Å². The zero-order valence-electron chi connectivity index (χ0n) is 16.4. The van der Waals surface area contributed by atoms with Gasteiger partial charge < -0.3 is 4.70 Å². The van der Waals surface area contributed by atoms with Crippen molar-refractivity contribution in [2.24, 2.45) is 0 Å². The van der Waals surface area contributed by atoms with Crippen LogP contribution in [0.4, 0.5) is 12.9 Å². The molecule has 0 amide bonds. The molecule has 156 valence electrons. The van der Waals surface area contributed by atoms with E-state index in [2.05, 4.69) is 76.5 Å². The Morgan fingerprint density at radius 2 is 1.17 bits per heavy atom. The number of hydrogen-bond acceptors (Lipinski definition) is 0. The maximum Gasteiger partial charge on any atom is 0.762 e. The molecule has 0 N–H and O–H groups in total. The van der Waals surface area contributed by atoms with Crippen molar-refractivity contribution in [1.29, 1.82) is 0 Å². The molecule has 2 aliphatic rings. The highest BCUT2D eigenvalue weighted by Crippen LogP contribution is 2.42. The van der Waals surface area contributed by atoms with Gasteiger partial charge in [-0.05, 0) is 43.2 Å². The van der Waals surface area contributed by atoms with Gasteiger partial charge in [0, 0.05) is 0 Å². The minimum atomic E-state index is -3.67. The van der Waals surface area contributed by atoms with Crippen LogP contribution in [0.15, 0.2) is 60.7 Å². The highest BCUT2D eigenvalue weighted by molar-refractivity contribution is 6.33. The molecule has 0 unspecified atom stereocenters. The molecule has 0 aromatic heterocycles. The maximum atomic E-state index is 9.67. The molecule has 0 radical (unpaired) electrons. The third kappa shape index (κ3) is 6.62. The topological polar surface area (TPSA) is 6.25 Å². The van der Waals surface area contributed by atoms with Crippen molar-refractivity contribution in [3.63, 3.8) is 0 Å². The molecular formula is C22H27BF4N2. The van der Waals surface area contributed by atoms with Crippen molar-refractivity contribution in [1.82, 2.24) is 4.90 Å². The molecule has 2 aromatic carbocycles. The lowest BCUT2D eigenvalue weighted by molar-refractivity contribution is -0.537. The van der Waals surface area contributed by atoms with Crippen LogP contribution < -0.4 is 4.70 Å². The third-order valence-corrected chi connectivity index (χ3v) is 5.49. The monoisotopic (exact) mass is 406 g/mol. The Kier molecular flexibility index (Phi) is 9.22. The summed E-state index contributed by atoms with van der Waals surface area (Å²) in [4.78, 5) is 2.63. The average molecular weight is 406 g/mol. The van der Waals surface area contributed by atoms with Crippen LogP contribution in [0.25, 0.3) is 0 Å². The number of piperidine rings is 1. The molecule has 2 atom stereocenters. The fourth-order valence-corrected chi connectivity index (χ4v) is 4.24. The molecule has 2 saturated heterocycles. The van der Waals surface area contributed by atoms with E-state index < -0.39 is 7.54 Å². The highest BCUT2D eigenvalue weighted by Gasteiger charge is 2.39. The number of nitrogens with zero attached hydrogens (tertiary/aromatic N) is 2. The van der Waals surface area contributed by atoms with E-state index in [9.17, 15) is 12.9 Å². The summed E-state index contributed by atoms with van der Waals surface area (Å²) < 4.78 is 31.5. The Hall–Kier alpha value is -2.31. The summed E-state index contributed by atoms with van der Waals surface area (Å²) in [6, 6.07) is 23.1. The molecule has 0 saturated carbocycles. The fourth-order valence-electron chi connectivity index (χ4n) is 4.24. The van der Waals surface area contributed by atoms with Crippen LogP contribution in [0.3, 0.4) is 0 Å². The Bertz CT molecular complexity index is 685. The molecule has 4 rings (SSSR count). The van der Waals surface area contributed by atoms with Crippen molar-refractivity contribution >= 4 is 13.9 Å². The Morgan fingerprint density at radius 1 is 0.759 bits per heavy atom. The lowest BCUT2D eigenvalue weighted by Gasteiger charge is -2.25. The van der Waals surface area contributed by atoms with Crippen LogP contribution >= 0.6 is 0 Å². The van der Waals surface area contributed by atoms with Crippen LogP contribution in [0.2, 0.25) is 0 Å². The van der Waals surface area contributed by atoms with E-state index in [-0.39, 0.29) is 4.70 Å². The Balaban J connectivity index is 0.000000552. The standard InChI is InChI=1S/C22H27N2.BF3.FH/c1-4-10-19(11-5-1)21-14-15-22(20-12-6-2-7-13-20)24(21)18-23-16-8-3-9-17-23;2-1(3)4;/h1-2,4-7,10-13,18,21-22H,3,8-9,14-17H2;;1H/q+1;;/p-1/t21-,22-;;/m1../s1. The van der Waals surface area contributed by atoms with Crippen molar-refractivity contribution in [3.05, 3.63) is 71.8 Å². The van der Waals surface area contributed by atoms with Crippen LogP contribution in [0, 0.1) is 0 Å². The second kappa shape index (κ2) is 11.6. The first kappa shape index (κ1) is 23.0. The van der Waals surface area contributed by atoms with E-state index in [1.165, 1.54) is 56.3 Å². The predicted octanol–water partition coefficient (Wildman–Crippen LogP) is 2.67. The van der Waals surface area contributed by atoms with Gasteiger partial charge in [0.2, 0.25) is 6.34 Å². The zero-order valence-corrected chi connectivity index (χ0v) is 16.4. The molecule has 2 fully saturated rings. The number of rotatable bonds is 3. The van der Waals surface area contributed by atoms with Gasteiger partial charge in [0.15, 0.2) is 0 Å². The van der Waals surface area contributed by atoms with Crippen molar-refractivity contribution in [2.75, 3.05) is 13.1 Å². The van der Waals surface area contributed by atoms with Crippen LogP contribution in [-0.4, -0.2) is 36.4 Å². The number of likely N-dealkylation sites (tertiary alicyclic amines) is 1. The molecule has 2 aromatic rings. The molecular weight excluding hydrogens is 379 g/mol. The SMILES string of the molecule is C(N1[C@@H](c2ccccc2)CC[C@@H]1c1ccccc1)=[N+]1CCCCC1.FB(F)F.[F-]. The average Bonchev–Trinajstić information content (AvgIpc) is 3.13. The first-order valence-electron chi connectivity index (χ1n) is 10.0. The van der Waals surface area contributed by atoms with Gasteiger partial charge in [-0.3, -0.25) is 22.4 Å². The zero-order chi connectivity index (χ0) is 19.8. The van der Waals surface area contributed by atoms with Gasteiger partial charge in [-0.2, -0.15) is 0 Å². The molecule has 29 heavy (non-hydrogen) atoms. The third-order valence-electron chi connectivity index (χ3n) is 5.49. The maximum absolute atomic E-state index is 9.67. The molecule has 7 heteroatoms. The van der Waals surface area contributed by atoms with Gasteiger partial charge >= 0.3 is 7.54 Å². The van der Waals surface area contributed by atoms with E-state index in [4.69, 9.17) is 0 Å². The summed E-state index contributed by atoms with van der Waals surface area (Å²) in [5.74, 6) is 0. The van der Waals surface area contributed by atoms with Gasteiger partial charge in [-0.1, -0.05) is 60.7 Å². The lowest BCUT2D eigenvalue weighted by atomic mass is 10.0. The van der Waals surface area contributed by atoms with Gasteiger partial charge in [-0.15, -0.1) is 0 Å². The van der Waals surface area contributed by atoms with Gasteiger partial charge in [0.1, 0.15) is 12.1 Å². The summed E-state index contributed by atoms with van der Waals surface area (Å²) in [5.41, 5.74) is 2.90. The van der Waals surface area contributed by atoms with E-state index in [1.54, 1.807) is 0 Å². The van der Waals surface area contributed by atoms with Gasteiger partial charge in [0.25, 0.3) is 0 Å². The second-order valence-electron chi connectivity index (χ2n) is 7.34. The van der Waals surface area contributed by atoms with E-state index in [0.717, 1.165) is 0 Å². The Labute approximate surface area is 170 Å². The fraction of sp³-hybridized carbons (Fsp3) is 0.409. The molecule has 0 aliphatic carbocycles. The van der Waals surface area contributed by atoms with E-state index >= 15 is 0 Å². The van der Waals surface area contributed by atoms with Gasteiger partial charge in [-0.25, -0.2) is 0 Å². The molecule has 2 heterocycles. The molecule has 0 spiro atoms. The second-order valence-corrected chi connectivity index (χ2v) is 7.34. The number of hydrogen-bond donors (Lipinski definition) is 0. The van der Waals surface area contributed by atoms with Crippen molar-refractivity contribution in [2.45, 2.75) is 44.2 Å². The van der Waals surface area contributed by atoms with E-state index in [0.29, 0.717) is 12.1 Å². The summed E-state index contributed by atoms with van der Waals surface area (Å²) >= 11 is 0. The van der Waals surface area contributed by atoms with Gasteiger partial charge in [0.05, 0.1) is 13.1 Å². The molecule has 2 nitrogen and oxygen atoms in total. The van der Waals surface area contributed by atoms with E-state index in [1.807, 2.05) is 0 Å². The van der Waals surface area contributed by atoms with Crippen molar-refractivity contribution < 1.29 is 22.2 Å². The predicted molar refractivity (Wildman–Crippen MR) is 108 cm³/mol. The first-order chi connectivity index (χ1) is 13.6. The smallest absolute Gasteiger partial charge is 0.762 e. The van der Waals surface area contributed by atoms with Crippen LogP contribution in [-0.2, 0) is 0 Å².